The third-order valence-corrected chi connectivity index (χ3v) is 11.4. The number of ketones is 2. The smallest absolute Gasteiger partial charge is 0.296 e. The van der Waals surface area contributed by atoms with Crippen LogP contribution < -0.4 is 16.6 Å². The minimum absolute atomic E-state index is 0.0315. The minimum Gasteiger partial charge on any atom is -0.399 e. The molecule has 0 heterocycles. The Balaban J connectivity index is 1.39. The molecule has 2 aliphatic rings. The van der Waals surface area contributed by atoms with Gasteiger partial charge < -0.3 is 5.73 Å². The second kappa shape index (κ2) is 12.9. The van der Waals surface area contributed by atoms with Gasteiger partial charge >= 0.3 is 0 Å². The van der Waals surface area contributed by atoms with E-state index >= 15 is 0 Å². The summed E-state index contributed by atoms with van der Waals surface area (Å²) in [7, 11) is -14.7. The van der Waals surface area contributed by atoms with E-state index in [2.05, 4.69) is 52.9 Å². The van der Waals surface area contributed by atoms with E-state index in [0.717, 1.165) is 24.3 Å². The van der Waals surface area contributed by atoms with Crippen LogP contribution in [0.3, 0.4) is 0 Å². The molecule has 262 valence electrons. The molecule has 16 nitrogen and oxygen atoms in total. The van der Waals surface area contributed by atoms with Gasteiger partial charge in [-0.25, -0.2) is 0 Å². The molecule has 0 saturated heterocycles. The Morgan fingerprint density at radius 3 is 1.73 bits per heavy atom. The second-order valence-corrected chi connectivity index (χ2v) is 16.7. The first kappa shape index (κ1) is 36.2. The van der Waals surface area contributed by atoms with E-state index in [1.54, 1.807) is 6.07 Å². The van der Waals surface area contributed by atoms with Crippen LogP contribution in [0, 0.1) is 0 Å². The zero-order valence-corrected chi connectivity index (χ0v) is 30.6. The molecule has 4 aromatic carbocycles. The summed E-state index contributed by atoms with van der Waals surface area (Å²) in [5.41, 5.74) is 9.74. The van der Waals surface area contributed by atoms with Crippen molar-refractivity contribution in [2.45, 2.75) is 4.90 Å². The van der Waals surface area contributed by atoms with Crippen LogP contribution in [-0.4, -0.2) is 61.9 Å². The molecule has 21 heteroatoms. The molecular weight excluding hydrogens is 862 g/mol. The predicted molar refractivity (Wildman–Crippen MR) is 196 cm³/mol. The first-order valence-corrected chi connectivity index (χ1v) is 19.7. The fourth-order valence-electron chi connectivity index (χ4n) is 5.20. The maximum atomic E-state index is 13.6. The van der Waals surface area contributed by atoms with E-state index in [1.807, 2.05) is 0 Å². The zero-order chi connectivity index (χ0) is 37.2. The largest absolute Gasteiger partial charge is 0.399 e. The van der Waals surface area contributed by atoms with Gasteiger partial charge in [-0.15, -0.1) is 0 Å². The molecular formula is C30H19Br2N5O11S3. The molecule has 0 saturated carbocycles. The number of allylic oxidation sites excluding steroid dienone is 2. The summed E-state index contributed by atoms with van der Waals surface area (Å²) in [6.07, 6.45) is 1.96. The number of halogens is 2. The van der Waals surface area contributed by atoms with Crippen LogP contribution in [-0.2, 0) is 30.4 Å². The van der Waals surface area contributed by atoms with Crippen molar-refractivity contribution < 1.29 is 48.5 Å². The van der Waals surface area contributed by atoms with Gasteiger partial charge in [0, 0.05) is 31.1 Å². The Morgan fingerprint density at radius 1 is 0.608 bits per heavy atom. The SMILES string of the molecule is Nc1ccc2c(c1)C=C(S(=O)(=O)O)C(=NNc1ccc3c(c1)C=C(S(=O)(=O)O)/C(=N/Nc1c(Br)cc(Br)c4ccc(S(=O)(=O)O)cc14)C3=O)C2=O. The summed E-state index contributed by atoms with van der Waals surface area (Å²) in [6, 6.07) is 13.1. The number of anilines is 3. The van der Waals surface area contributed by atoms with Gasteiger partial charge in [0.1, 0.15) is 9.81 Å². The lowest BCUT2D eigenvalue weighted by Crippen LogP contribution is -2.27. The van der Waals surface area contributed by atoms with Crippen LogP contribution in [0.4, 0.5) is 17.1 Å². The Morgan fingerprint density at radius 2 is 1.16 bits per heavy atom. The van der Waals surface area contributed by atoms with Crippen LogP contribution in [0.1, 0.15) is 31.8 Å². The Kier molecular flexibility index (Phi) is 9.13. The molecule has 0 bridgehead atoms. The summed E-state index contributed by atoms with van der Waals surface area (Å²) in [6.45, 7) is 0. The standard InChI is InChI=1S/C30H19Br2N5O11S3/c31-22-12-23(32)26(21-11-17(49(40,41)42)3-6-20(21)22)35-37-28-25(51(46,47)48)10-14-8-16(2-5-19(14)30(28)39)34-36-27-24(50(43,44)45)9-13-7-15(33)1-4-18(13)29(27)38/h1-12,34-35H,33H2,(H,40,41,42)(H,43,44,45)(H,46,47,48)/b36-27?,37-28-. The Hall–Kier alpha value is -4.61. The normalized spacial score (nSPS) is 16.5. The highest BCUT2D eigenvalue weighted by molar-refractivity contribution is 9.11. The van der Waals surface area contributed by atoms with Gasteiger partial charge in [-0.1, -0.05) is 22.0 Å². The van der Waals surface area contributed by atoms with Crippen molar-refractivity contribution in [2.24, 2.45) is 10.2 Å². The fraction of sp³-hybridized carbons (Fsp3) is 0. The van der Waals surface area contributed by atoms with E-state index in [4.69, 9.17) is 5.73 Å². The minimum atomic E-state index is -5.11. The topological polar surface area (TPSA) is 272 Å². The van der Waals surface area contributed by atoms with Crippen LogP contribution in [0.25, 0.3) is 22.9 Å². The molecule has 0 amide bonds. The maximum Gasteiger partial charge on any atom is 0.296 e. The average molecular weight is 882 g/mol. The van der Waals surface area contributed by atoms with Crippen LogP contribution in [0.2, 0.25) is 0 Å². The van der Waals surface area contributed by atoms with Gasteiger partial charge in [-0.2, -0.15) is 35.5 Å². The van der Waals surface area contributed by atoms with Gasteiger partial charge in [-0.05, 0) is 99.2 Å². The number of carbonyl (C=O) groups excluding carboxylic acids is 2. The first-order valence-electron chi connectivity index (χ1n) is 13.8. The third-order valence-electron chi connectivity index (χ3n) is 7.53. The monoisotopic (exact) mass is 879 g/mol. The number of fused-ring (bicyclic) bond motifs is 3. The molecule has 4 aromatic rings. The number of carbonyl (C=O) groups is 2. The maximum absolute atomic E-state index is 13.6. The second-order valence-electron chi connectivity index (χ2n) is 10.8. The molecule has 0 fully saturated rings. The molecule has 2 aliphatic carbocycles. The number of hydrazone groups is 2. The van der Waals surface area contributed by atoms with E-state index < -0.39 is 68.0 Å². The number of nitrogens with two attached hydrogens (primary N) is 1. The molecule has 51 heavy (non-hydrogen) atoms. The number of rotatable bonds is 7. The van der Waals surface area contributed by atoms with Crippen molar-refractivity contribution in [2.75, 3.05) is 16.6 Å². The number of nitrogen functional groups attached to an aromatic ring is 1. The van der Waals surface area contributed by atoms with Crippen LogP contribution >= 0.6 is 31.9 Å². The number of nitrogens with one attached hydrogen (secondary N) is 2. The van der Waals surface area contributed by atoms with E-state index in [1.165, 1.54) is 42.5 Å². The van der Waals surface area contributed by atoms with Gasteiger partial charge in [0.05, 0.1) is 16.3 Å². The van der Waals surface area contributed by atoms with Gasteiger partial charge in [0.25, 0.3) is 30.4 Å². The van der Waals surface area contributed by atoms with Gasteiger partial charge in [0.15, 0.2) is 11.4 Å². The number of hydrogen-bond acceptors (Lipinski definition) is 13. The van der Waals surface area contributed by atoms with Crippen molar-refractivity contribution >= 4 is 125 Å². The molecule has 0 aromatic heterocycles. The van der Waals surface area contributed by atoms with Gasteiger partial charge in [-0.3, -0.25) is 34.1 Å². The van der Waals surface area contributed by atoms with E-state index in [0.29, 0.717) is 9.86 Å². The summed E-state index contributed by atoms with van der Waals surface area (Å²) in [5.74, 6) is -1.82. The van der Waals surface area contributed by atoms with Crippen molar-refractivity contribution in [3.63, 3.8) is 0 Å². The molecule has 0 spiro atoms. The summed E-state index contributed by atoms with van der Waals surface area (Å²) >= 11 is 6.66. The Bertz CT molecular complexity index is 2740. The quantitative estimate of drug-likeness (QED) is 0.0812. The number of benzene rings is 4. The average Bonchev–Trinajstić information content (AvgIpc) is 3.03. The van der Waals surface area contributed by atoms with E-state index in [9.17, 15) is 48.5 Å². The predicted octanol–water partition coefficient (Wildman–Crippen LogP) is 4.98. The number of Topliss-reactive ketones (excluding diaryl/α,β-unsaturated/α-hetero) is 2. The highest BCUT2D eigenvalue weighted by atomic mass is 79.9. The summed E-state index contributed by atoms with van der Waals surface area (Å²) < 4.78 is 103. The summed E-state index contributed by atoms with van der Waals surface area (Å²) in [4.78, 5) is 24.6. The lowest BCUT2D eigenvalue weighted by molar-refractivity contribution is 0.105. The molecule has 6 rings (SSSR count). The third kappa shape index (κ3) is 7.01. The lowest BCUT2D eigenvalue weighted by Gasteiger charge is -2.18. The van der Waals surface area contributed by atoms with Crippen LogP contribution in [0.5, 0.6) is 0 Å². The first-order chi connectivity index (χ1) is 23.7. The van der Waals surface area contributed by atoms with Gasteiger partial charge in [0.2, 0.25) is 11.6 Å². The Labute approximate surface area is 305 Å². The molecule has 0 radical (unpaired) electrons. The number of nitrogens with zero attached hydrogens (tertiary/aromatic N) is 2. The highest BCUT2D eigenvalue weighted by Gasteiger charge is 2.35. The molecule has 0 atom stereocenters. The fourth-order valence-corrected chi connectivity index (χ4v) is 8.44. The van der Waals surface area contributed by atoms with Crippen molar-refractivity contribution in [3.8, 4) is 0 Å². The number of hydrogen-bond donors (Lipinski definition) is 6. The molecule has 7 N–H and O–H groups in total. The van der Waals surface area contributed by atoms with E-state index in [-0.39, 0.29) is 49.2 Å². The van der Waals surface area contributed by atoms with Crippen molar-refractivity contribution in [3.05, 3.63) is 102 Å². The van der Waals surface area contributed by atoms with Crippen LogP contribution in [0.15, 0.2) is 94.5 Å². The van der Waals surface area contributed by atoms with Crippen molar-refractivity contribution in [1.82, 2.24) is 0 Å². The van der Waals surface area contributed by atoms with Crippen molar-refractivity contribution in [1.29, 1.82) is 0 Å². The highest BCUT2D eigenvalue weighted by Crippen LogP contribution is 2.38. The lowest BCUT2D eigenvalue weighted by atomic mass is 9.94. The molecule has 0 aliphatic heterocycles. The summed E-state index contributed by atoms with van der Waals surface area (Å²) in [5, 5.41) is 8.50. The zero-order valence-electron chi connectivity index (χ0n) is 25.0. The molecule has 0 unspecified atom stereocenters.